The number of amides is 1. The molecule has 0 bridgehead atoms. The quantitative estimate of drug-likeness (QED) is 0.267. The molecule has 0 radical (unpaired) electrons. The van der Waals surface area contributed by atoms with Crippen LogP contribution in [0.3, 0.4) is 0 Å². The Bertz CT molecular complexity index is 1090. The van der Waals surface area contributed by atoms with Gasteiger partial charge in [-0.25, -0.2) is 0 Å². The molecule has 1 fully saturated rings. The van der Waals surface area contributed by atoms with Gasteiger partial charge in [-0.1, -0.05) is 19.9 Å². The zero-order chi connectivity index (χ0) is 26.2. The number of ether oxygens (including phenoxy) is 3. The highest BCUT2D eigenvalue weighted by Crippen LogP contribution is 2.42. The molecule has 1 aliphatic heterocycles. The lowest BCUT2D eigenvalue weighted by Gasteiger charge is -2.27. The summed E-state index contributed by atoms with van der Waals surface area (Å²) in [6.45, 7) is 9.53. The van der Waals surface area contributed by atoms with Crippen LogP contribution in [0.1, 0.15) is 44.4 Å². The van der Waals surface area contributed by atoms with Crippen molar-refractivity contribution in [2.24, 2.45) is 0 Å². The van der Waals surface area contributed by atoms with Crippen molar-refractivity contribution in [1.82, 2.24) is 9.80 Å². The predicted octanol–water partition coefficient (Wildman–Crippen LogP) is 4.26. The molecule has 0 spiro atoms. The minimum absolute atomic E-state index is 0.0548. The molecule has 0 saturated carbocycles. The summed E-state index contributed by atoms with van der Waals surface area (Å²) in [6.07, 6.45) is 0.696. The van der Waals surface area contributed by atoms with Crippen molar-refractivity contribution in [3.05, 3.63) is 59.2 Å². The zero-order valence-electron chi connectivity index (χ0n) is 21.7. The fourth-order valence-corrected chi connectivity index (χ4v) is 4.50. The Balaban J connectivity index is 2.08. The molecule has 1 atom stereocenters. The number of rotatable bonds is 12. The first-order valence-electron chi connectivity index (χ1n) is 12.4. The molecule has 0 aliphatic carbocycles. The normalized spacial score (nSPS) is 17.1. The minimum atomic E-state index is -0.756. The number of carbonyl (C=O) groups is 2. The van der Waals surface area contributed by atoms with Crippen LogP contribution >= 0.6 is 0 Å². The fourth-order valence-electron chi connectivity index (χ4n) is 4.50. The smallest absolute Gasteiger partial charge is 0.295 e. The van der Waals surface area contributed by atoms with Crippen LogP contribution in [0.5, 0.6) is 17.2 Å². The number of aliphatic hydroxyl groups excluding tert-OH is 1. The number of hydrogen-bond acceptors (Lipinski definition) is 7. The third-order valence-corrected chi connectivity index (χ3v) is 6.47. The number of benzene rings is 2. The second-order valence-electron chi connectivity index (χ2n) is 8.44. The highest BCUT2D eigenvalue weighted by molar-refractivity contribution is 6.46. The summed E-state index contributed by atoms with van der Waals surface area (Å²) in [5, 5.41) is 11.3. The van der Waals surface area contributed by atoms with Crippen LogP contribution < -0.4 is 14.2 Å². The lowest BCUT2D eigenvalue weighted by molar-refractivity contribution is -0.140. The molecule has 1 saturated heterocycles. The van der Waals surface area contributed by atoms with Crippen molar-refractivity contribution < 1.29 is 28.9 Å². The lowest BCUT2D eigenvalue weighted by Crippen LogP contribution is -2.33. The van der Waals surface area contributed by atoms with E-state index in [1.54, 1.807) is 55.5 Å². The van der Waals surface area contributed by atoms with Gasteiger partial charge in [0, 0.05) is 12.1 Å². The highest BCUT2D eigenvalue weighted by atomic mass is 16.5. The van der Waals surface area contributed by atoms with Gasteiger partial charge in [-0.05, 0) is 74.9 Å². The van der Waals surface area contributed by atoms with E-state index in [1.165, 1.54) is 0 Å². The van der Waals surface area contributed by atoms with Crippen molar-refractivity contribution in [3.8, 4) is 17.2 Å². The van der Waals surface area contributed by atoms with Crippen LogP contribution in [0.15, 0.2) is 48.0 Å². The summed E-state index contributed by atoms with van der Waals surface area (Å²) in [4.78, 5) is 30.3. The molecule has 36 heavy (non-hydrogen) atoms. The Hall–Kier alpha value is -3.52. The van der Waals surface area contributed by atoms with E-state index in [0.29, 0.717) is 47.9 Å². The van der Waals surface area contributed by atoms with Crippen LogP contribution in [0.2, 0.25) is 0 Å². The highest BCUT2D eigenvalue weighted by Gasteiger charge is 2.46. The van der Waals surface area contributed by atoms with Crippen LogP contribution in [0.25, 0.3) is 5.76 Å². The van der Waals surface area contributed by atoms with E-state index < -0.39 is 17.7 Å². The van der Waals surface area contributed by atoms with Crippen molar-refractivity contribution >= 4 is 17.4 Å². The first-order valence-corrected chi connectivity index (χ1v) is 12.4. The number of Topliss-reactive ketones (excluding diaryl/α,β-unsaturated/α-hetero) is 1. The van der Waals surface area contributed by atoms with E-state index >= 15 is 0 Å². The monoisotopic (exact) mass is 496 g/mol. The molecular weight excluding hydrogens is 460 g/mol. The maximum absolute atomic E-state index is 13.3. The van der Waals surface area contributed by atoms with Gasteiger partial charge in [0.15, 0.2) is 11.5 Å². The molecule has 0 unspecified atom stereocenters. The summed E-state index contributed by atoms with van der Waals surface area (Å²) in [5.41, 5.74) is 1.14. The molecule has 1 N–H and O–H groups in total. The molecule has 1 amide bonds. The predicted molar refractivity (Wildman–Crippen MR) is 139 cm³/mol. The zero-order valence-corrected chi connectivity index (χ0v) is 21.7. The number of carbonyl (C=O) groups excluding carboxylic acids is 2. The molecule has 2 aromatic rings. The molecule has 194 valence electrons. The summed E-state index contributed by atoms with van der Waals surface area (Å²) in [7, 11) is 3.10. The van der Waals surface area contributed by atoms with Gasteiger partial charge in [0.1, 0.15) is 11.5 Å². The molecular formula is C28H36N2O6. The molecule has 3 rings (SSSR count). The topological polar surface area (TPSA) is 88.5 Å². The van der Waals surface area contributed by atoms with Crippen LogP contribution in [0.4, 0.5) is 0 Å². The van der Waals surface area contributed by atoms with Gasteiger partial charge in [0.2, 0.25) is 0 Å². The second-order valence-corrected chi connectivity index (χ2v) is 8.44. The van der Waals surface area contributed by atoms with Crippen LogP contribution in [0, 0.1) is 0 Å². The van der Waals surface area contributed by atoms with Crippen molar-refractivity contribution in [2.75, 3.05) is 47.0 Å². The third kappa shape index (κ3) is 5.65. The van der Waals surface area contributed by atoms with Gasteiger partial charge in [-0.2, -0.15) is 0 Å². The van der Waals surface area contributed by atoms with E-state index in [-0.39, 0.29) is 11.3 Å². The van der Waals surface area contributed by atoms with Gasteiger partial charge < -0.3 is 29.1 Å². The van der Waals surface area contributed by atoms with Crippen molar-refractivity contribution in [2.45, 2.75) is 33.2 Å². The minimum Gasteiger partial charge on any atom is -0.507 e. The lowest BCUT2D eigenvalue weighted by atomic mass is 9.95. The average molecular weight is 497 g/mol. The second kappa shape index (κ2) is 12.4. The maximum Gasteiger partial charge on any atom is 0.295 e. The van der Waals surface area contributed by atoms with Crippen LogP contribution in [-0.2, 0) is 9.59 Å². The standard InChI is InChI=1S/C28H36N2O6/c1-6-29(7-2)16-9-17-30-25(20-12-15-22(36-8-3)23(18-20)35-5)24(27(32)28(30)33)26(31)19-10-13-21(34-4)14-11-19/h10-15,18,25,31H,6-9,16-17H2,1-5H3/b26-24+/t25-/m0/s1. The molecule has 8 heteroatoms. The Morgan fingerprint density at radius 3 is 2.25 bits per heavy atom. The Labute approximate surface area is 213 Å². The summed E-state index contributed by atoms with van der Waals surface area (Å²) >= 11 is 0. The molecule has 2 aromatic carbocycles. The number of ketones is 1. The number of aliphatic hydroxyl groups is 1. The SMILES string of the molecule is CCOc1ccc([C@H]2/C(=C(\O)c3ccc(OC)cc3)C(=O)C(=O)N2CCCN(CC)CC)cc1OC. The maximum atomic E-state index is 13.3. The molecule has 0 aromatic heterocycles. The van der Waals surface area contributed by atoms with Crippen LogP contribution in [-0.4, -0.2) is 73.6 Å². The van der Waals surface area contributed by atoms with E-state index in [4.69, 9.17) is 14.2 Å². The van der Waals surface area contributed by atoms with E-state index in [0.717, 1.165) is 19.6 Å². The number of nitrogens with zero attached hydrogens (tertiary/aromatic N) is 2. The van der Waals surface area contributed by atoms with Crippen molar-refractivity contribution in [1.29, 1.82) is 0 Å². The first kappa shape index (κ1) is 27.1. The van der Waals surface area contributed by atoms with Gasteiger partial charge in [-0.15, -0.1) is 0 Å². The summed E-state index contributed by atoms with van der Waals surface area (Å²) in [5.74, 6) is 0.132. The number of likely N-dealkylation sites (tertiary alicyclic amines) is 1. The average Bonchev–Trinajstić information content (AvgIpc) is 3.16. The Kier molecular flexibility index (Phi) is 9.36. The van der Waals surface area contributed by atoms with E-state index in [9.17, 15) is 14.7 Å². The fraction of sp³-hybridized carbons (Fsp3) is 0.429. The molecule has 8 nitrogen and oxygen atoms in total. The van der Waals surface area contributed by atoms with Gasteiger partial charge in [0.05, 0.1) is 32.4 Å². The largest absolute Gasteiger partial charge is 0.507 e. The van der Waals surface area contributed by atoms with E-state index in [1.807, 2.05) is 13.0 Å². The molecule has 1 heterocycles. The number of hydrogen-bond donors (Lipinski definition) is 1. The van der Waals surface area contributed by atoms with Gasteiger partial charge >= 0.3 is 0 Å². The molecule has 1 aliphatic rings. The van der Waals surface area contributed by atoms with Crippen molar-refractivity contribution in [3.63, 3.8) is 0 Å². The van der Waals surface area contributed by atoms with Gasteiger partial charge in [-0.3, -0.25) is 9.59 Å². The Morgan fingerprint density at radius 1 is 0.972 bits per heavy atom. The first-order chi connectivity index (χ1) is 17.4. The van der Waals surface area contributed by atoms with Gasteiger partial charge in [0.25, 0.3) is 11.7 Å². The summed E-state index contributed by atoms with van der Waals surface area (Å²) < 4.78 is 16.4. The summed E-state index contributed by atoms with van der Waals surface area (Å²) in [6, 6.07) is 11.3. The van der Waals surface area contributed by atoms with E-state index in [2.05, 4.69) is 18.7 Å². The Morgan fingerprint density at radius 2 is 1.67 bits per heavy atom. The number of methoxy groups -OCH3 is 2. The third-order valence-electron chi connectivity index (χ3n) is 6.47.